The smallest absolute Gasteiger partial charge is 0.109 e. The van der Waals surface area contributed by atoms with E-state index in [1.54, 1.807) is 17.6 Å². The highest BCUT2D eigenvalue weighted by molar-refractivity contribution is 7.19. The molecule has 21 heavy (non-hydrogen) atoms. The van der Waals surface area contributed by atoms with Gasteiger partial charge in [-0.2, -0.15) is 0 Å². The maximum atomic E-state index is 6.18. The number of aromatic nitrogens is 1. The number of halogens is 1. The summed E-state index contributed by atoms with van der Waals surface area (Å²) in [6.45, 7) is 2.95. The highest BCUT2D eigenvalue weighted by Crippen LogP contribution is 2.34. The first kappa shape index (κ1) is 15.8. The van der Waals surface area contributed by atoms with Crippen LogP contribution in [-0.4, -0.2) is 12.0 Å². The SMILES string of the molecule is CNCc1sc2c(N)cc(Cc3ccco3)nc2c1C.Cl. The fraction of sp³-hybridized carbons (Fsp3) is 0.267. The van der Waals surface area contributed by atoms with Gasteiger partial charge >= 0.3 is 0 Å². The minimum absolute atomic E-state index is 0. The number of nitrogens with one attached hydrogen (secondary N) is 1. The van der Waals surface area contributed by atoms with Crippen molar-refractivity contribution in [3.05, 3.63) is 46.4 Å². The van der Waals surface area contributed by atoms with E-state index in [1.165, 1.54) is 10.4 Å². The first-order valence-electron chi connectivity index (χ1n) is 6.53. The zero-order valence-electron chi connectivity index (χ0n) is 12.0. The second-order valence-corrected chi connectivity index (χ2v) is 5.92. The molecule has 4 nitrogen and oxygen atoms in total. The maximum Gasteiger partial charge on any atom is 0.109 e. The van der Waals surface area contributed by atoms with Crippen molar-refractivity contribution in [2.24, 2.45) is 0 Å². The Kier molecular flexibility index (Phi) is 4.88. The van der Waals surface area contributed by atoms with E-state index in [-0.39, 0.29) is 12.4 Å². The average Bonchev–Trinajstić information content (AvgIpc) is 3.02. The van der Waals surface area contributed by atoms with Gasteiger partial charge < -0.3 is 15.5 Å². The standard InChI is InChI=1S/C15H17N3OS.ClH/c1-9-13(8-17-2)20-15-12(16)7-10(18-14(9)15)6-11-4-3-5-19-11;/h3-5,7,17H,6,8H2,1-2H3,(H2,16,18);1H. The maximum absolute atomic E-state index is 6.18. The molecule has 0 bridgehead atoms. The number of nitrogens with zero attached hydrogens (tertiary/aromatic N) is 1. The van der Waals surface area contributed by atoms with Crippen molar-refractivity contribution in [1.29, 1.82) is 0 Å². The van der Waals surface area contributed by atoms with Crippen LogP contribution in [0.25, 0.3) is 10.2 Å². The van der Waals surface area contributed by atoms with Crippen LogP contribution >= 0.6 is 23.7 Å². The topological polar surface area (TPSA) is 64.1 Å². The van der Waals surface area contributed by atoms with Crippen LogP contribution in [-0.2, 0) is 13.0 Å². The van der Waals surface area contributed by atoms with E-state index in [2.05, 4.69) is 12.2 Å². The summed E-state index contributed by atoms with van der Waals surface area (Å²) in [5.41, 5.74) is 10.2. The number of rotatable bonds is 4. The summed E-state index contributed by atoms with van der Waals surface area (Å²) in [5, 5.41) is 3.18. The third kappa shape index (κ3) is 3.05. The molecule has 0 atom stereocenters. The summed E-state index contributed by atoms with van der Waals surface area (Å²) in [6.07, 6.45) is 2.35. The molecule has 0 amide bonds. The Hall–Kier alpha value is -1.56. The van der Waals surface area contributed by atoms with Crippen LogP contribution in [0.5, 0.6) is 0 Å². The van der Waals surface area contributed by atoms with Gasteiger partial charge in [0.15, 0.2) is 0 Å². The average molecular weight is 324 g/mol. The van der Waals surface area contributed by atoms with Gasteiger partial charge in [0.05, 0.1) is 27.9 Å². The van der Waals surface area contributed by atoms with Crippen LogP contribution in [0.15, 0.2) is 28.9 Å². The number of hydrogen-bond donors (Lipinski definition) is 2. The van der Waals surface area contributed by atoms with Crippen LogP contribution in [0.4, 0.5) is 5.69 Å². The summed E-state index contributed by atoms with van der Waals surface area (Å²) in [4.78, 5) is 6.04. The minimum atomic E-state index is 0. The molecule has 0 spiro atoms. The lowest BCUT2D eigenvalue weighted by Crippen LogP contribution is -2.04. The molecule has 0 aromatic carbocycles. The van der Waals surface area contributed by atoms with E-state index in [4.69, 9.17) is 15.1 Å². The molecule has 6 heteroatoms. The lowest BCUT2D eigenvalue weighted by Gasteiger charge is -2.02. The van der Waals surface area contributed by atoms with Crippen molar-refractivity contribution >= 4 is 39.6 Å². The molecule has 0 unspecified atom stereocenters. The molecule has 3 aromatic heterocycles. The Morgan fingerprint density at radius 3 is 2.90 bits per heavy atom. The summed E-state index contributed by atoms with van der Waals surface area (Å²) in [7, 11) is 1.95. The fourth-order valence-corrected chi connectivity index (χ4v) is 3.50. The highest BCUT2D eigenvalue weighted by Gasteiger charge is 2.13. The second-order valence-electron chi connectivity index (χ2n) is 4.82. The van der Waals surface area contributed by atoms with Crippen LogP contribution in [0.3, 0.4) is 0 Å². The lowest BCUT2D eigenvalue weighted by atomic mass is 10.1. The van der Waals surface area contributed by atoms with Gasteiger partial charge in [-0.3, -0.25) is 4.98 Å². The first-order valence-corrected chi connectivity index (χ1v) is 7.35. The van der Waals surface area contributed by atoms with E-state index < -0.39 is 0 Å². The number of thiophene rings is 1. The Labute approximate surface area is 133 Å². The Bertz CT molecular complexity index is 737. The van der Waals surface area contributed by atoms with Crippen molar-refractivity contribution < 1.29 is 4.42 Å². The number of pyridine rings is 1. The van der Waals surface area contributed by atoms with Gasteiger partial charge in [-0.05, 0) is 37.7 Å². The largest absolute Gasteiger partial charge is 0.469 e. The monoisotopic (exact) mass is 323 g/mol. The van der Waals surface area contributed by atoms with E-state index in [0.717, 1.165) is 33.9 Å². The summed E-state index contributed by atoms with van der Waals surface area (Å²) in [5.74, 6) is 0.902. The van der Waals surface area contributed by atoms with Gasteiger partial charge in [0, 0.05) is 17.8 Å². The molecule has 3 rings (SSSR count). The van der Waals surface area contributed by atoms with Gasteiger partial charge in [0.1, 0.15) is 5.76 Å². The quantitative estimate of drug-likeness (QED) is 0.771. The molecule has 3 N–H and O–H groups in total. The van der Waals surface area contributed by atoms with Crippen molar-refractivity contribution in [1.82, 2.24) is 10.3 Å². The third-order valence-corrected chi connectivity index (χ3v) is 4.66. The Morgan fingerprint density at radius 1 is 1.43 bits per heavy atom. The number of aryl methyl sites for hydroxylation is 1. The number of anilines is 1. The number of nitrogen functional groups attached to an aromatic ring is 1. The van der Waals surface area contributed by atoms with Gasteiger partial charge in [0.2, 0.25) is 0 Å². The first-order chi connectivity index (χ1) is 9.69. The molecule has 0 aliphatic carbocycles. The van der Waals surface area contributed by atoms with E-state index in [1.807, 2.05) is 25.2 Å². The second kappa shape index (κ2) is 6.47. The summed E-state index contributed by atoms with van der Waals surface area (Å²) < 4.78 is 6.45. The predicted octanol–water partition coefficient (Wildman–Crippen LogP) is 3.51. The Balaban J connectivity index is 0.00000161. The molecule has 0 radical (unpaired) electrons. The van der Waals surface area contributed by atoms with Gasteiger partial charge in [-0.25, -0.2) is 0 Å². The lowest BCUT2D eigenvalue weighted by molar-refractivity contribution is 0.519. The molecule has 3 aromatic rings. The molecular formula is C15H18ClN3OS. The zero-order chi connectivity index (χ0) is 14.1. The van der Waals surface area contributed by atoms with Gasteiger partial charge in [-0.1, -0.05) is 0 Å². The molecule has 0 saturated heterocycles. The molecule has 112 valence electrons. The van der Waals surface area contributed by atoms with Gasteiger partial charge in [0.25, 0.3) is 0 Å². The zero-order valence-corrected chi connectivity index (χ0v) is 13.6. The molecule has 3 heterocycles. The van der Waals surface area contributed by atoms with Crippen LogP contribution in [0.1, 0.15) is 21.9 Å². The fourth-order valence-electron chi connectivity index (χ4n) is 2.31. The predicted molar refractivity (Wildman–Crippen MR) is 90.3 cm³/mol. The minimum Gasteiger partial charge on any atom is -0.469 e. The molecule has 0 saturated carbocycles. The van der Waals surface area contributed by atoms with Crippen LogP contribution < -0.4 is 11.1 Å². The van der Waals surface area contributed by atoms with Crippen LogP contribution in [0.2, 0.25) is 0 Å². The number of hydrogen-bond acceptors (Lipinski definition) is 5. The van der Waals surface area contributed by atoms with Crippen molar-refractivity contribution in [2.75, 3.05) is 12.8 Å². The number of fused-ring (bicyclic) bond motifs is 1. The van der Waals surface area contributed by atoms with E-state index in [9.17, 15) is 0 Å². The van der Waals surface area contributed by atoms with E-state index >= 15 is 0 Å². The highest BCUT2D eigenvalue weighted by atomic mass is 35.5. The normalized spacial score (nSPS) is 10.8. The van der Waals surface area contributed by atoms with Crippen molar-refractivity contribution in [2.45, 2.75) is 19.9 Å². The van der Waals surface area contributed by atoms with Crippen LogP contribution in [0, 0.1) is 6.92 Å². The van der Waals surface area contributed by atoms with Gasteiger partial charge in [-0.15, -0.1) is 23.7 Å². The van der Waals surface area contributed by atoms with Crippen molar-refractivity contribution in [3.8, 4) is 0 Å². The number of nitrogens with two attached hydrogens (primary N) is 1. The third-order valence-electron chi connectivity index (χ3n) is 3.33. The molecular weight excluding hydrogens is 306 g/mol. The summed E-state index contributed by atoms with van der Waals surface area (Å²) in [6, 6.07) is 5.79. The molecule has 0 aliphatic rings. The Morgan fingerprint density at radius 2 is 2.24 bits per heavy atom. The summed E-state index contributed by atoms with van der Waals surface area (Å²) >= 11 is 1.72. The molecule has 0 aliphatic heterocycles. The van der Waals surface area contributed by atoms with Crippen molar-refractivity contribution in [3.63, 3.8) is 0 Å². The molecule has 0 fully saturated rings. The number of furan rings is 1. The van der Waals surface area contributed by atoms with E-state index in [0.29, 0.717) is 6.42 Å².